The van der Waals surface area contributed by atoms with Crippen LogP contribution < -0.4 is 10.1 Å². The van der Waals surface area contributed by atoms with Gasteiger partial charge in [-0.15, -0.1) is 10.2 Å². The first-order valence-corrected chi connectivity index (χ1v) is 11.6. The lowest BCUT2D eigenvalue weighted by atomic mass is 10.1. The van der Waals surface area contributed by atoms with Gasteiger partial charge in [-0.05, 0) is 68.7 Å². The smallest absolute Gasteiger partial charge is 0.234 e. The highest BCUT2D eigenvalue weighted by Gasteiger charge is 2.20. The summed E-state index contributed by atoms with van der Waals surface area (Å²) in [7, 11) is 0. The molecule has 1 atom stereocenters. The van der Waals surface area contributed by atoms with Crippen LogP contribution in [0.25, 0.3) is 0 Å². The Labute approximate surface area is 192 Å². The summed E-state index contributed by atoms with van der Waals surface area (Å²) < 4.78 is 8.07. The summed E-state index contributed by atoms with van der Waals surface area (Å²) in [5.74, 6) is 1.64. The lowest BCUT2D eigenvalue weighted by Gasteiger charge is -2.17. The number of nitrogens with zero attached hydrogens (tertiary/aromatic N) is 3. The molecule has 0 bridgehead atoms. The predicted octanol–water partition coefficient (Wildman–Crippen LogP) is 5.69. The van der Waals surface area contributed by atoms with Crippen LogP contribution in [0.15, 0.2) is 47.6 Å². The van der Waals surface area contributed by atoms with Crippen molar-refractivity contribution in [2.75, 3.05) is 11.1 Å². The highest BCUT2D eigenvalue weighted by molar-refractivity contribution is 7.99. The number of hydrogen-bond donors (Lipinski definition) is 1. The van der Waals surface area contributed by atoms with Crippen LogP contribution in [-0.2, 0) is 17.8 Å². The second kappa shape index (κ2) is 10.7. The van der Waals surface area contributed by atoms with Crippen molar-refractivity contribution in [2.24, 2.45) is 0 Å². The summed E-state index contributed by atoms with van der Waals surface area (Å²) in [4.78, 5) is 12.4. The van der Waals surface area contributed by atoms with E-state index in [0.29, 0.717) is 16.7 Å². The Morgan fingerprint density at radius 1 is 1.19 bits per heavy atom. The molecule has 1 heterocycles. The molecule has 3 aromatic rings. The van der Waals surface area contributed by atoms with Gasteiger partial charge in [-0.25, -0.2) is 0 Å². The lowest BCUT2D eigenvalue weighted by Crippen LogP contribution is -2.15. The number of hydrogen-bond acceptors (Lipinski definition) is 5. The fraction of sp³-hybridized carbons (Fsp3) is 0.348. The second-order valence-electron chi connectivity index (χ2n) is 7.14. The molecule has 0 saturated heterocycles. The molecule has 1 aromatic heterocycles. The molecule has 6 nitrogen and oxygen atoms in total. The summed E-state index contributed by atoms with van der Waals surface area (Å²) in [6, 6.07) is 13.4. The van der Waals surface area contributed by atoms with E-state index in [4.69, 9.17) is 16.3 Å². The van der Waals surface area contributed by atoms with Crippen LogP contribution in [0.2, 0.25) is 5.02 Å². The number of aromatic nitrogens is 3. The fourth-order valence-corrected chi connectivity index (χ4v) is 4.18. The van der Waals surface area contributed by atoms with E-state index in [2.05, 4.69) is 22.4 Å². The third-order valence-electron chi connectivity index (χ3n) is 4.84. The third-order valence-corrected chi connectivity index (χ3v) is 6.05. The predicted molar refractivity (Wildman–Crippen MR) is 126 cm³/mol. The van der Waals surface area contributed by atoms with Crippen molar-refractivity contribution in [3.63, 3.8) is 0 Å². The number of nitrogens with one attached hydrogen (secondary N) is 1. The number of carbonyl (C=O) groups is 1. The van der Waals surface area contributed by atoms with Crippen LogP contribution in [0.1, 0.15) is 43.8 Å². The number of ether oxygens (including phenoxy) is 1. The molecule has 0 radical (unpaired) electrons. The number of halogens is 1. The number of carbonyl (C=O) groups excluding carboxylic acids is 1. The van der Waals surface area contributed by atoms with Crippen LogP contribution in [0.5, 0.6) is 5.75 Å². The lowest BCUT2D eigenvalue weighted by molar-refractivity contribution is -0.113. The molecular formula is C23H27ClN4O2S. The van der Waals surface area contributed by atoms with E-state index in [0.717, 1.165) is 29.2 Å². The van der Waals surface area contributed by atoms with Gasteiger partial charge >= 0.3 is 0 Å². The minimum atomic E-state index is -0.299. The third kappa shape index (κ3) is 6.02. The highest BCUT2D eigenvalue weighted by Crippen LogP contribution is 2.28. The SMILES string of the molecule is CCc1ccc(NC(=O)CSc2nnc(C(C)Oc3ccc(Cl)cc3C)n2CC)cc1. The number of amides is 1. The number of aryl methyl sites for hydroxylation is 2. The molecule has 0 aliphatic carbocycles. The molecule has 0 spiro atoms. The minimum Gasteiger partial charge on any atom is -0.482 e. The minimum absolute atomic E-state index is 0.0810. The van der Waals surface area contributed by atoms with Crippen LogP contribution in [0.4, 0.5) is 5.69 Å². The van der Waals surface area contributed by atoms with Gasteiger partial charge in [0.15, 0.2) is 17.1 Å². The molecular weight excluding hydrogens is 432 g/mol. The maximum Gasteiger partial charge on any atom is 0.234 e. The maximum atomic E-state index is 12.4. The Kier molecular flexibility index (Phi) is 7.98. The summed E-state index contributed by atoms with van der Waals surface area (Å²) in [6.07, 6.45) is 0.673. The average Bonchev–Trinajstić information content (AvgIpc) is 3.18. The average molecular weight is 459 g/mol. The van der Waals surface area contributed by atoms with Gasteiger partial charge < -0.3 is 14.6 Å². The first-order chi connectivity index (χ1) is 14.9. The van der Waals surface area contributed by atoms with Crippen molar-refractivity contribution in [3.05, 3.63) is 64.4 Å². The molecule has 0 saturated carbocycles. The largest absolute Gasteiger partial charge is 0.482 e. The molecule has 0 aliphatic rings. The van der Waals surface area contributed by atoms with Crippen molar-refractivity contribution < 1.29 is 9.53 Å². The van der Waals surface area contributed by atoms with Crippen LogP contribution in [0, 0.1) is 6.92 Å². The van der Waals surface area contributed by atoms with E-state index < -0.39 is 0 Å². The first-order valence-electron chi connectivity index (χ1n) is 10.3. The van der Waals surface area contributed by atoms with Crippen molar-refractivity contribution in [2.45, 2.75) is 51.9 Å². The Morgan fingerprint density at radius 3 is 2.58 bits per heavy atom. The molecule has 8 heteroatoms. The van der Waals surface area contributed by atoms with Gasteiger partial charge in [0, 0.05) is 17.3 Å². The Hall–Kier alpha value is -2.51. The van der Waals surface area contributed by atoms with Crippen molar-refractivity contribution in [1.29, 1.82) is 0 Å². The molecule has 1 amide bonds. The molecule has 0 aliphatic heterocycles. The topological polar surface area (TPSA) is 69.0 Å². The zero-order valence-corrected chi connectivity index (χ0v) is 19.8. The van der Waals surface area contributed by atoms with Crippen LogP contribution in [-0.4, -0.2) is 26.4 Å². The Morgan fingerprint density at radius 2 is 1.94 bits per heavy atom. The quantitative estimate of drug-likeness (QED) is 0.417. The molecule has 0 fully saturated rings. The van der Waals surface area contributed by atoms with Crippen LogP contribution in [0.3, 0.4) is 0 Å². The summed E-state index contributed by atoms with van der Waals surface area (Å²) in [5.41, 5.74) is 2.99. The van der Waals surface area contributed by atoms with Crippen molar-refractivity contribution in [3.8, 4) is 5.75 Å². The Bertz CT molecular complexity index is 1040. The van der Waals surface area contributed by atoms with Gasteiger partial charge in [-0.2, -0.15) is 0 Å². The number of benzene rings is 2. The number of anilines is 1. The summed E-state index contributed by atoms with van der Waals surface area (Å²) in [6.45, 7) is 8.69. The van der Waals surface area contributed by atoms with Gasteiger partial charge in [0.2, 0.25) is 5.91 Å². The standard InChI is InChI=1S/C23H27ClN4O2S/c1-5-17-7-10-19(11-8-17)25-21(29)14-31-23-27-26-22(28(23)6-2)16(4)30-20-12-9-18(24)13-15(20)3/h7-13,16H,5-6,14H2,1-4H3,(H,25,29). The highest BCUT2D eigenvalue weighted by atomic mass is 35.5. The molecule has 31 heavy (non-hydrogen) atoms. The van der Waals surface area contributed by atoms with Crippen molar-refractivity contribution >= 4 is 35.0 Å². The Balaban J connectivity index is 1.62. The first kappa shape index (κ1) is 23.2. The molecule has 3 rings (SSSR count). The second-order valence-corrected chi connectivity index (χ2v) is 8.52. The molecule has 1 N–H and O–H groups in total. The summed E-state index contributed by atoms with van der Waals surface area (Å²) in [5, 5.41) is 12.9. The van der Waals surface area contributed by atoms with Crippen LogP contribution >= 0.6 is 23.4 Å². The maximum absolute atomic E-state index is 12.4. The molecule has 1 unspecified atom stereocenters. The van der Waals surface area contributed by atoms with E-state index in [9.17, 15) is 4.79 Å². The molecule has 2 aromatic carbocycles. The fourth-order valence-electron chi connectivity index (χ4n) is 3.14. The van der Waals surface area contributed by atoms with Gasteiger partial charge in [0.05, 0.1) is 5.75 Å². The van der Waals surface area contributed by atoms with Crippen molar-refractivity contribution in [1.82, 2.24) is 14.8 Å². The van der Waals surface area contributed by atoms with Gasteiger partial charge in [-0.3, -0.25) is 4.79 Å². The van der Waals surface area contributed by atoms with Gasteiger partial charge in [0.25, 0.3) is 0 Å². The normalized spacial score (nSPS) is 11.9. The monoisotopic (exact) mass is 458 g/mol. The van der Waals surface area contributed by atoms with E-state index in [-0.39, 0.29) is 17.8 Å². The van der Waals surface area contributed by atoms with Gasteiger partial charge in [0.1, 0.15) is 5.75 Å². The van der Waals surface area contributed by atoms with E-state index in [1.807, 2.05) is 61.7 Å². The van der Waals surface area contributed by atoms with E-state index in [1.54, 1.807) is 6.07 Å². The molecule has 164 valence electrons. The zero-order valence-electron chi connectivity index (χ0n) is 18.2. The zero-order chi connectivity index (χ0) is 22.4. The number of rotatable bonds is 9. The van der Waals surface area contributed by atoms with E-state index in [1.165, 1.54) is 17.3 Å². The van der Waals surface area contributed by atoms with E-state index >= 15 is 0 Å². The summed E-state index contributed by atoms with van der Waals surface area (Å²) >= 11 is 7.39. The number of thioether (sulfide) groups is 1. The van der Waals surface area contributed by atoms with Gasteiger partial charge in [-0.1, -0.05) is 42.4 Å².